The minimum Gasteiger partial charge on any atom is -0.398 e. The summed E-state index contributed by atoms with van der Waals surface area (Å²) in [6.45, 7) is 2.02. The van der Waals surface area contributed by atoms with Gasteiger partial charge in [0.25, 0.3) is 0 Å². The van der Waals surface area contributed by atoms with Crippen LogP contribution in [0.25, 0.3) is 0 Å². The Morgan fingerprint density at radius 3 is 1.77 bits per heavy atom. The van der Waals surface area contributed by atoms with Gasteiger partial charge in [0.15, 0.2) is 6.29 Å². The maximum atomic E-state index is 5.33. The highest BCUT2D eigenvalue weighted by atomic mass is 28.4. The molecule has 0 radical (unpaired) electrons. The van der Waals surface area contributed by atoms with E-state index in [1.807, 2.05) is 6.55 Å². The molecule has 0 saturated heterocycles. The number of ether oxygens (including phenoxy) is 2. The van der Waals surface area contributed by atoms with Crippen molar-refractivity contribution in [3.8, 4) is 0 Å². The number of hydrogen-bond acceptors (Lipinski definition) is 4. The topological polar surface area (TPSA) is 36.9 Å². The molecule has 0 rings (SSSR count). The second-order valence-corrected chi connectivity index (χ2v) is 6.57. The van der Waals surface area contributed by atoms with E-state index in [-0.39, 0.29) is 6.29 Å². The van der Waals surface area contributed by atoms with Crippen LogP contribution in [0.2, 0.25) is 12.6 Å². The molecule has 0 aromatic rings. The van der Waals surface area contributed by atoms with Crippen molar-refractivity contribution in [2.75, 3.05) is 28.4 Å². The standard InChI is InChI=1S/C8H20O4Si/c1-9-8(10-2)6-7-13(5,11-3)12-4/h8H,6-7H2,1-5H3. The monoisotopic (exact) mass is 208 g/mol. The highest BCUT2D eigenvalue weighted by Gasteiger charge is 2.29. The quantitative estimate of drug-likeness (QED) is 0.467. The van der Waals surface area contributed by atoms with Gasteiger partial charge in [0, 0.05) is 34.9 Å². The lowest BCUT2D eigenvalue weighted by atomic mass is 10.5. The summed E-state index contributed by atoms with van der Waals surface area (Å²) in [6.07, 6.45) is 0.648. The predicted molar refractivity (Wildman–Crippen MR) is 52.9 cm³/mol. The van der Waals surface area contributed by atoms with E-state index in [4.69, 9.17) is 18.3 Å². The Bertz CT molecular complexity index is 123. The van der Waals surface area contributed by atoms with Gasteiger partial charge in [-0.25, -0.2) is 0 Å². The molecule has 0 aliphatic carbocycles. The van der Waals surface area contributed by atoms with E-state index >= 15 is 0 Å². The summed E-state index contributed by atoms with van der Waals surface area (Å²) in [5.74, 6) is 0. The van der Waals surface area contributed by atoms with E-state index in [1.54, 1.807) is 28.4 Å². The Morgan fingerprint density at radius 1 is 1.00 bits per heavy atom. The van der Waals surface area contributed by atoms with E-state index in [1.165, 1.54) is 0 Å². The molecule has 0 aromatic heterocycles. The second-order valence-electron chi connectivity index (χ2n) is 2.98. The normalized spacial score (nSPS) is 12.5. The molecule has 0 amide bonds. The maximum absolute atomic E-state index is 5.33. The van der Waals surface area contributed by atoms with Gasteiger partial charge >= 0.3 is 8.56 Å². The zero-order chi connectivity index (χ0) is 10.3. The molecule has 0 atom stereocenters. The minimum absolute atomic E-state index is 0.155. The average Bonchev–Trinajstić information content (AvgIpc) is 2.19. The van der Waals surface area contributed by atoms with Crippen molar-refractivity contribution in [1.29, 1.82) is 0 Å². The summed E-state index contributed by atoms with van der Waals surface area (Å²) in [7, 11) is 4.68. The van der Waals surface area contributed by atoms with Crippen molar-refractivity contribution in [1.82, 2.24) is 0 Å². The fourth-order valence-electron chi connectivity index (χ4n) is 0.999. The first-order chi connectivity index (χ1) is 6.11. The van der Waals surface area contributed by atoms with Crippen LogP contribution in [0.1, 0.15) is 6.42 Å². The van der Waals surface area contributed by atoms with E-state index in [0.29, 0.717) is 0 Å². The van der Waals surface area contributed by atoms with Gasteiger partial charge in [-0.1, -0.05) is 0 Å². The largest absolute Gasteiger partial charge is 0.398 e. The number of methoxy groups -OCH3 is 2. The van der Waals surface area contributed by atoms with Crippen LogP contribution in [0.5, 0.6) is 0 Å². The van der Waals surface area contributed by atoms with Crippen LogP contribution in [0.15, 0.2) is 0 Å². The summed E-state index contributed by atoms with van der Waals surface area (Å²) in [6, 6.07) is 0.867. The van der Waals surface area contributed by atoms with Crippen LogP contribution in [0.4, 0.5) is 0 Å². The van der Waals surface area contributed by atoms with Gasteiger partial charge in [-0.3, -0.25) is 0 Å². The van der Waals surface area contributed by atoms with Crippen molar-refractivity contribution >= 4 is 8.56 Å². The molecular weight excluding hydrogens is 188 g/mol. The Hall–Kier alpha value is 0.0569. The molecule has 0 heterocycles. The number of rotatable bonds is 7. The van der Waals surface area contributed by atoms with Gasteiger partial charge < -0.3 is 18.3 Å². The smallest absolute Gasteiger partial charge is 0.334 e. The van der Waals surface area contributed by atoms with Gasteiger partial charge in [-0.05, 0) is 12.6 Å². The van der Waals surface area contributed by atoms with Crippen LogP contribution in [-0.4, -0.2) is 43.3 Å². The fourth-order valence-corrected chi connectivity index (χ4v) is 2.33. The SMILES string of the molecule is COC(CC[Si](C)(OC)OC)OC. The molecule has 0 N–H and O–H groups in total. The van der Waals surface area contributed by atoms with Crippen molar-refractivity contribution in [2.24, 2.45) is 0 Å². The average molecular weight is 208 g/mol. The van der Waals surface area contributed by atoms with Crippen molar-refractivity contribution < 1.29 is 18.3 Å². The molecule has 0 spiro atoms. The highest BCUT2D eigenvalue weighted by molar-refractivity contribution is 6.65. The molecule has 0 aromatic carbocycles. The maximum Gasteiger partial charge on any atom is 0.334 e. The van der Waals surface area contributed by atoms with Crippen LogP contribution >= 0.6 is 0 Å². The number of hydrogen-bond donors (Lipinski definition) is 0. The lowest BCUT2D eigenvalue weighted by molar-refractivity contribution is -0.104. The van der Waals surface area contributed by atoms with Crippen LogP contribution in [0, 0.1) is 0 Å². The Balaban J connectivity index is 3.83. The highest BCUT2D eigenvalue weighted by Crippen LogP contribution is 2.16. The summed E-state index contributed by atoms with van der Waals surface area (Å²) >= 11 is 0. The lowest BCUT2D eigenvalue weighted by Crippen LogP contribution is -2.37. The summed E-state index contributed by atoms with van der Waals surface area (Å²) in [5.41, 5.74) is 0. The third-order valence-electron chi connectivity index (χ3n) is 2.22. The third-order valence-corrected chi connectivity index (χ3v) is 5.15. The molecule has 0 saturated carbocycles. The molecule has 0 aliphatic rings. The molecule has 80 valence electrons. The van der Waals surface area contributed by atoms with E-state index in [0.717, 1.165) is 12.5 Å². The molecule has 0 unspecified atom stereocenters. The summed E-state index contributed by atoms with van der Waals surface area (Å²) in [4.78, 5) is 0. The summed E-state index contributed by atoms with van der Waals surface area (Å²) < 4.78 is 20.8. The van der Waals surface area contributed by atoms with Crippen LogP contribution in [0.3, 0.4) is 0 Å². The minimum atomic E-state index is -1.95. The fraction of sp³-hybridized carbons (Fsp3) is 1.00. The zero-order valence-electron chi connectivity index (χ0n) is 9.12. The second kappa shape index (κ2) is 6.50. The Kier molecular flexibility index (Phi) is 6.53. The van der Waals surface area contributed by atoms with Crippen molar-refractivity contribution in [3.05, 3.63) is 0 Å². The van der Waals surface area contributed by atoms with Crippen molar-refractivity contribution in [2.45, 2.75) is 25.3 Å². The Labute approximate surface area is 81.4 Å². The Morgan fingerprint density at radius 2 is 1.46 bits per heavy atom. The van der Waals surface area contributed by atoms with E-state index < -0.39 is 8.56 Å². The predicted octanol–water partition coefficient (Wildman–Crippen LogP) is 1.36. The first kappa shape index (κ1) is 13.1. The molecule has 0 bridgehead atoms. The lowest BCUT2D eigenvalue weighted by Gasteiger charge is -2.24. The molecule has 0 aliphatic heterocycles. The van der Waals surface area contributed by atoms with Crippen LogP contribution < -0.4 is 0 Å². The summed E-state index contributed by atoms with van der Waals surface area (Å²) in [5, 5.41) is 0. The van der Waals surface area contributed by atoms with Crippen molar-refractivity contribution in [3.63, 3.8) is 0 Å². The molecule has 5 heteroatoms. The van der Waals surface area contributed by atoms with Crippen LogP contribution in [-0.2, 0) is 18.3 Å². The zero-order valence-corrected chi connectivity index (χ0v) is 10.1. The van der Waals surface area contributed by atoms with Gasteiger partial charge in [0.2, 0.25) is 0 Å². The van der Waals surface area contributed by atoms with Gasteiger partial charge in [0.05, 0.1) is 0 Å². The van der Waals surface area contributed by atoms with Gasteiger partial charge in [-0.2, -0.15) is 0 Å². The first-order valence-corrected chi connectivity index (χ1v) is 6.80. The van der Waals surface area contributed by atoms with Gasteiger partial charge in [0.1, 0.15) is 0 Å². The van der Waals surface area contributed by atoms with E-state index in [9.17, 15) is 0 Å². The van der Waals surface area contributed by atoms with Gasteiger partial charge in [-0.15, -0.1) is 0 Å². The third kappa shape index (κ3) is 4.73. The molecule has 4 nitrogen and oxygen atoms in total. The molecular formula is C8H20O4Si. The molecule has 0 fully saturated rings. The van der Waals surface area contributed by atoms with E-state index in [2.05, 4.69) is 0 Å². The first-order valence-electron chi connectivity index (χ1n) is 4.27. The molecule has 13 heavy (non-hydrogen) atoms.